The zero-order valence-electron chi connectivity index (χ0n) is 48.1. The zero-order valence-corrected chi connectivity index (χ0v) is 52.3. The third kappa shape index (κ3) is 18.6. The van der Waals surface area contributed by atoms with Gasteiger partial charge in [-0.15, -0.1) is 0 Å². The van der Waals surface area contributed by atoms with Crippen molar-refractivity contribution in [2.24, 2.45) is 0 Å². The minimum absolute atomic E-state index is 0.00534. The van der Waals surface area contributed by atoms with Gasteiger partial charge < -0.3 is 20.3 Å². The molecule has 1 aliphatic rings. The predicted octanol–water partition coefficient (Wildman–Crippen LogP) is 8.62. The van der Waals surface area contributed by atoms with E-state index in [1.807, 2.05) is 72.5 Å². The molecule has 0 aliphatic carbocycles. The number of hydrogen-bond acceptors (Lipinski definition) is 13. The smallest absolute Gasteiger partial charge is 0.338 e. The average Bonchev–Trinajstić information content (AvgIpc) is 1.58. The van der Waals surface area contributed by atoms with E-state index in [1.54, 1.807) is 80.6 Å². The molecule has 19 nitrogen and oxygen atoms in total. The standard InChI is InChI=1S/C62H72N3O16PS4/c1-45-29-31-50(85(75,76)77)43-53(45)61(3,35-20-40-83(69,70)71)46(2)22-12-7-6-8-17-27-57-62(4,36-21-41-84(72,73)74)54-44-51(86(78,79)80)32-34-55(54)65(57)39-19-11-18-28-58(66)63-37-38-64-59(67)47-30-33-52(60(68)81-5)56(42-47)82(48-23-13-9-14-24-48)49-25-15-10-16-26-49/h6-10,12-17,22-27,29-34,42-44H,2,11,18-21,28,35-41H2,1,3-5H3,(H,63,66)(H,64,67)(H,69,70,71)(H,72,73,74)(H,75,76,77)(H,78,79,80)/b7-6+,17-8+,22-12+,57-27+. The highest BCUT2D eigenvalue weighted by molar-refractivity contribution is 7.86. The van der Waals surface area contributed by atoms with E-state index >= 15 is 0 Å². The number of rotatable bonds is 30. The molecule has 0 bridgehead atoms. The minimum Gasteiger partial charge on any atom is -0.465 e. The van der Waals surface area contributed by atoms with E-state index in [0.717, 1.165) is 10.6 Å². The number of methoxy groups -OCH3 is 1. The molecule has 5 aromatic carbocycles. The molecule has 0 radical (unpaired) electrons. The first-order valence-electron chi connectivity index (χ1n) is 27.4. The van der Waals surface area contributed by atoms with Crippen molar-refractivity contribution in [3.8, 4) is 0 Å². The first-order valence-corrected chi connectivity index (χ1v) is 34.9. The molecule has 5 aromatic rings. The van der Waals surface area contributed by atoms with Crippen molar-refractivity contribution >= 4 is 87.8 Å². The van der Waals surface area contributed by atoms with E-state index in [9.17, 15) is 66.3 Å². The quantitative estimate of drug-likeness (QED) is 0.00824. The van der Waals surface area contributed by atoms with Gasteiger partial charge in [0.1, 0.15) is 0 Å². The van der Waals surface area contributed by atoms with Crippen molar-refractivity contribution in [1.82, 2.24) is 10.6 Å². The largest absolute Gasteiger partial charge is 0.465 e. The van der Waals surface area contributed by atoms with Crippen molar-refractivity contribution in [1.29, 1.82) is 0 Å². The number of unbranched alkanes of at least 4 members (excludes halogenated alkanes) is 2. The molecule has 2 unspecified atom stereocenters. The molecule has 1 aliphatic heterocycles. The van der Waals surface area contributed by atoms with E-state index in [2.05, 4.69) is 17.2 Å². The fourth-order valence-electron chi connectivity index (χ4n) is 10.5. The van der Waals surface area contributed by atoms with Crippen LogP contribution in [0, 0.1) is 6.92 Å². The maximum atomic E-state index is 13.6. The van der Waals surface area contributed by atoms with Crippen LogP contribution in [0.5, 0.6) is 0 Å². The van der Waals surface area contributed by atoms with Gasteiger partial charge in [-0.05, 0) is 148 Å². The topological polar surface area (TPSA) is 305 Å². The van der Waals surface area contributed by atoms with E-state index in [1.165, 1.54) is 37.4 Å². The zero-order chi connectivity index (χ0) is 63.1. The first-order chi connectivity index (χ1) is 40.5. The summed E-state index contributed by atoms with van der Waals surface area (Å²) in [5.74, 6) is -2.29. The summed E-state index contributed by atoms with van der Waals surface area (Å²) in [5, 5.41) is 8.31. The second-order valence-electron chi connectivity index (χ2n) is 21.1. The number of allylic oxidation sites excluding steroid dienone is 9. The van der Waals surface area contributed by atoms with Gasteiger partial charge in [0.2, 0.25) is 5.91 Å². The summed E-state index contributed by atoms with van der Waals surface area (Å²) in [7, 11) is -17.9. The van der Waals surface area contributed by atoms with Gasteiger partial charge in [-0.1, -0.05) is 123 Å². The molecule has 6 rings (SSSR count). The molecule has 0 fully saturated rings. The number of nitrogens with zero attached hydrogens (tertiary/aromatic N) is 1. The number of esters is 1. The highest BCUT2D eigenvalue weighted by atomic mass is 32.2. The molecule has 86 heavy (non-hydrogen) atoms. The van der Waals surface area contributed by atoms with Crippen LogP contribution in [0.25, 0.3) is 0 Å². The van der Waals surface area contributed by atoms with E-state index < -0.39 is 82.6 Å². The molecule has 0 spiro atoms. The Morgan fingerprint density at radius 2 is 1.27 bits per heavy atom. The summed E-state index contributed by atoms with van der Waals surface area (Å²) in [6.07, 6.45) is 13.9. The number of amides is 2. The van der Waals surface area contributed by atoms with Gasteiger partial charge >= 0.3 is 5.97 Å². The Balaban J connectivity index is 1.13. The van der Waals surface area contributed by atoms with Gasteiger partial charge in [-0.3, -0.25) is 27.8 Å². The Labute approximate surface area is 505 Å². The van der Waals surface area contributed by atoms with Crippen LogP contribution in [0.15, 0.2) is 185 Å². The molecule has 2 amide bonds. The normalized spacial score (nSPS) is 16.0. The molecule has 0 saturated heterocycles. The second-order valence-corrected chi connectivity index (χ2v) is 29.2. The lowest BCUT2D eigenvalue weighted by atomic mass is 9.71. The molecular weight excluding hydrogens is 1200 g/mol. The van der Waals surface area contributed by atoms with Crippen LogP contribution in [0.2, 0.25) is 0 Å². The van der Waals surface area contributed by atoms with E-state index in [0.29, 0.717) is 75.9 Å². The fraction of sp³-hybridized carbons (Fsp3) is 0.306. The lowest BCUT2D eigenvalue weighted by molar-refractivity contribution is -0.121. The summed E-state index contributed by atoms with van der Waals surface area (Å²) in [5.41, 5.74) is 1.88. The van der Waals surface area contributed by atoms with Crippen LogP contribution >= 0.6 is 7.92 Å². The first kappa shape index (κ1) is 68.2. The molecule has 0 aromatic heterocycles. The molecule has 0 saturated carbocycles. The number of ether oxygens (including phenoxy) is 1. The molecular formula is C62H72N3O16PS4. The molecule has 6 N–H and O–H groups in total. The number of benzene rings is 5. The number of hydrogen-bond donors (Lipinski definition) is 6. The fourth-order valence-corrected chi connectivity index (χ4v) is 15.0. The van der Waals surface area contributed by atoms with Gasteiger partial charge in [-0.2, -0.15) is 33.7 Å². The van der Waals surface area contributed by atoms with Crippen LogP contribution in [-0.4, -0.2) is 108 Å². The van der Waals surface area contributed by atoms with Crippen molar-refractivity contribution in [3.63, 3.8) is 0 Å². The Morgan fingerprint density at radius 3 is 1.88 bits per heavy atom. The summed E-state index contributed by atoms with van der Waals surface area (Å²) in [6, 6.07) is 32.6. The highest BCUT2D eigenvalue weighted by Crippen LogP contribution is 2.51. The van der Waals surface area contributed by atoms with Gasteiger partial charge in [-0.25, -0.2) is 4.79 Å². The molecule has 2 atom stereocenters. The predicted molar refractivity (Wildman–Crippen MR) is 336 cm³/mol. The number of nitrogens with one attached hydrogen (secondary N) is 2. The lowest BCUT2D eigenvalue weighted by Gasteiger charge is -2.33. The summed E-state index contributed by atoms with van der Waals surface area (Å²) < 4.78 is 140. The third-order valence-corrected chi connectivity index (χ3v) is 20.7. The van der Waals surface area contributed by atoms with Crippen LogP contribution in [0.3, 0.4) is 0 Å². The van der Waals surface area contributed by atoms with Gasteiger partial charge in [0.25, 0.3) is 46.4 Å². The lowest BCUT2D eigenvalue weighted by Crippen LogP contribution is -2.35. The number of aryl methyl sites for hydroxylation is 1. The Hall–Kier alpha value is -6.92. The Kier molecular flexibility index (Phi) is 23.5. The summed E-state index contributed by atoms with van der Waals surface area (Å²) in [4.78, 5) is 40.9. The van der Waals surface area contributed by atoms with Crippen LogP contribution in [-0.2, 0) is 60.8 Å². The number of carbonyl (C=O) groups is 3. The van der Waals surface area contributed by atoms with Crippen molar-refractivity contribution in [3.05, 3.63) is 203 Å². The maximum absolute atomic E-state index is 13.6. The Bertz CT molecular complexity index is 3850. The minimum atomic E-state index is -4.67. The number of fused-ring (bicyclic) bond motifs is 1. The van der Waals surface area contributed by atoms with Gasteiger partial charge in [0.05, 0.1) is 34.0 Å². The van der Waals surface area contributed by atoms with Crippen LogP contribution in [0.1, 0.15) is 103 Å². The highest BCUT2D eigenvalue weighted by Gasteiger charge is 2.44. The third-order valence-electron chi connectivity index (χ3n) is 14.9. The van der Waals surface area contributed by atoms with Crippen LogP contribution in [0.4, 0.5) is 5.69 Å². The van der Waals surface area contributed by atoms with Gasteiger partial charge in [0.15, 0.2) is 0 Å². The van der Waals surface area contributed by atoms with Crippen molar-refractivity contribution < 1.29 is 71.0 Å². The van der Waals surface area contributed by atoms with Crippen molar-refractivity contribution in [2.45, 2.75) is 92.8 Å². The molecule has 460 valence electrons. The van der Waals surface area contributed by atoms with E-state index in [4.69, 9.17) is 4.74 Å². The summed E-state index contributed by atoms with van der Waals surface area (Å²) >= 11 is 0. The molecule has 24 heteroatoms. The average molecular weight is 1270 g/mol. The maximum Gasteiger partial charge on any atom is 0.338 e. The second kappa shape index (κ2) is 29.7. The summed E-state index contributed by atoms with van der Waals surface area (Å²) in [6.45, 7) is 10.1. The monoisotopic (exact) mass is 1270 g/mol. The number of carbonyl (C=O) groups excluding carboxylic acids is 3. The van der Waals surface area contributed by atoms with E-state index in [-0.39, 0.29) is 60.9 Å². The van der Waals surface area contributed by atoms with Crippen molar-refractivity contribution in [2.75, 3.05) is 43.1 Å². The number of anilines is 1. The van der Waals surface area contributed by atoms with Crippen LogP contribution < -0.4 is 31.4 Å². The Morgan fingerprint density at radius 1 is 0.686 bits per heavy atom. The van der Waals surface area contributed by atoms with Gasteiger partial charge in [0, 0.05) is 59.1 Å². The molecule has 1 heterocycles. The SMILES string of the molecule is C=C(/C=C/C=C/C=C/C=C1/N(CCCCCC(=O)NCCNC(=O)c2ccc(C(=O)OC)c(P(c3ccccc3)c3ccccc3)c2)c2ccc(S(=O)(=O)O)cc2C1(C)CCCS(=O)(=O)O)C(C)(CCCS(=O)(=O)O)c1cc(S(=O)(=O)O)ccc1C.